The van der Waals surface area contributed by atoms with Gasteiger partial charge >= 0.3 is 11.4 Å². The van der Waals surface area contributed by atoms with Gasteiger partial charge in [0.05, 0.1) is 34.4 Å². The van der Waals surface area contributed by atoms with Gasteiger partial charge in [0.15, 0.2) is 47.7 Å². The molecule has 5 aromatic carbocycles. The number of benzene rings is 5. The van der Waals surface area contributed by atoms with Gasteiger partial charge in [-0.2, -0.15) is 0 Å². The van der Waals surface area contributed by atoms with Crippen molar-refractivity contribution in [1.82, 2.24) is 10.6 Å². The molecule has 0 heterocycles. The molecule has 0 radical (unpaired) electrons. The van der Waals surface area contributed by atoms with Crippen LogP contribution < -0.4 is 29.6 Å². The van der Waals surface area contributed by atoms with Gasteiger partial charge in [-0.1, -0.05) is 99.9 Å². The third-order valence-electron chi connectivity index (χ3n) is 10.8. The molecular weight excluding hydrogens is 901 g/mol. The fourth-order valence-corrected chi connectivity index (χ4v) is 7.02. The number of hydrogen-bond donors (Lipinski definition) is 4. The molecule has 0 aliphatic carbocycles. The van der Waals surface area contributed by atoms with Gasteiger partial charge in [0.2, 0.25) is 0 Å². The number of nitro groups is 2. The molecule has 0 aliphatic rings. The average Bonchev–Trinajstić information content (AvgIpc) is 3.36. The first-order valence-electron chi connectivity index (χ1n) is 23.4. The quantitative estimate of drug-likeness (QED) is 0.0136. The standard InChI is InChI=1S/C52H60N6O12/c59-49(53-31-15-5-1-3-7-17-33-67-45-27-13-11-25-43(45)57(63)64)37-69-47-29-19-21-39(51(47)61)35-55-41-23-9-10-24-42(41)56-36-40-22-20-30-48(52(40)62)70-38-50(60)54-32-16-6-2-4-8-18-34-68-46-28-14-12-26-44(46)58(65)66/h9-14,19-30,35-36,61-62H,1-8,15-18,31-34,37-38H2,(H,53,59)(H,54,60). The third-order valence-corrected chi connectivity index (χ3v) is 10.8. The lowest BCUT2D eigenvalue weighted by Gasteiger charge is -2.10. The van der Waals surface area contributed by atoms with Crippen molar-refractivity contribution in [1.29, 1.82) is 0 Å². The summed E-state index contributed by atoms with van der Waals surface area (Å²) in [5, 5.41) is 49.8. The Bertz CT molecular complexity index is 2360. The minimum absolute atomic E-state index is 0.0400. The van der Waals surface area contributed by atoms with Crippen molar-refractivity contribution in [3.8, 4) is 34.5 Å². The predicted molar refractivity (Wildman–Crippen MR) is 267 cm³/mol. The van der Waals surface area contributed by atoms with Crippen LogP contribution in [0.5, 0.6) is 34.5 Å². The van der Waals surface area contributed by atoms with E-state index < -0.39 is 9.85 Å². The summed E-state index contributed by atoms with van der Waals surface area (Å²) >= 11 is 0. The number of phenols is 2. The molecule has 0 atom stereocenters. The van der Waals surface area contributed by atoms with Crippen molar-refractivity contribution < 1.29 is 48.6 Å². The topological polar surface area (TPSA) is 247 Å². The molecule has 0 aromatic heterocycles. The maximum Gasteiger partial charge on any atom is 0.310 e. The lowest BCUT2D eigenvalue weighted by atomic mass is 10.1. The summed E-state index contributed by atoms with van der Waals surface area (Å²) in [5.41, 5.74) is 1.57. The van der Waals surface area contributed by atoms with Crippen LogP contribution in [0.3, 0.4) is 0 Å². The average molecular weight is 961 g/mol. The van der Waals surface area contributed by atoms with E-state index in [9.17, 15) is 40.0 Å². The van der Waals surface area contributed by atoms with Crippen molar-refractivity contribution in [2.75, 3.05) is 39.5 Å². The fourth-order valence-electron chi connectivity index (χ4n) is 7.02. The molecule has 0 saturated carbocycles. The Morgan fingerprint density at radius 2 is 0.829 bits per heavy atom. The van der Waals surface area contributed by atoms with Crippen LogP contribution in [0, 0.1) is 20.2 Å². The number of nitrogens with zero attached hydrogens (tertiary/aromatic N) is 4. The Hall–Kier alpha value is -8.02. The molecule has 0 spiro atoms. The Labute approximate surface area is 406 Å². The van der Waals surface area contributed by atoms with Gasteiger partial charge < -0.3 is 39.8 Å². The highest BCUT2D eigenvalue weighted by Gasteiger charge is 2.15. The van der Waals surface area contributed by atoms with Gasteiger partial charge in [-0.25, -0.2) is 0 Å². The smallest absolute Gasteiger partial charge is 0.310 e. The van der Waals surface area contributed by atoms with Crippen LogP contribution in [0.1, 0.15) is 88.2 Å². The summed E-state index contributed by atoms with van der Waals surface area (Å²) in [5.74, 6) is -0.213. The minimum atomic E-state index is -0.453. The molecule has 0 bridgehead atoms. The van der Waals surface area contributed by atoms with E-state index in [1.165, 1.54) is 24.6 Å². The van der Waals surface area contributed by atoms with E-state index in [0.29, 0.717) is 48.8 Å². The summed E-state index contributed by atoms with van der Waals surface area (Å²) in [6, 6.07) is 29.5. The van der Waals surface area contributed by atoms with Crippen molar-refractivity contribution >= 4 is 47.0 Å². The number of unbranched alkanes of at least 4 members (excludes halogenated alkanes) is 10. The first kappa shape index (κ1) is 52.9. The van der Waals surface area contributed by atoms with Crippen LogP contribution in [0.4, 0.5) is 22.7 Å². The van der Waals surface area contributed by atoms with E-state index in [2.05, 4.69) is 20.6 Å². The Balaban J connectivity index is 0.961. The number of hydrogen-bond acceptors (Lipinski definition) is 14. The highest BCUT2D eigenvalue weighted by molar-refractivity contribution is 5.90. The molecule has 18 heteroatoms. The van der Waals surface area contributed by atoms with Crippen molar-refractivity contribution in [3.05, 3.63) is 141 Å². The van der Waals surface area contributed by atoms with Gasteiger partial charge in [0.25, 0.3) is 11.8 Å². The number of carbonyl (C=O) groups excluding carboxylic acids is 2. The first-order chi connectivity index (χ1) is 34.1. The summed E-state index contributed by atoms with van der Waals surface area (Å²) in [6.45, 7) is 1.22. The van der Waals surface area contributed by atoms with Crippen molar-refractivity contribution in [3.63, 3.8) is 0 Å². The summed E-state index contributed by atoms with van der Waals surface area (Å²) in [4.78, 5) is 55.4. The van der Waals surface area contributed by atoms with E-state index in [1.54, 1.807) is 97.1 Å². The zero-order chi connectivity index (χ0) is 49.8. The number of aromatic hydroxyl groups is 2. The highest BCUT2D eigenvalue weighted by atomic mass is 16.6. The molecule has 0 aliphatic heterocycles. The number of phenolic OH excluding ortho intramolecular Hbond substituents is 2. The van der Waals surface area contributed by atoms with Crippen LogP contribution in [0.2, 0.25) is 0 Å². The molecule has 18 nitrogen and oxygen atoms in total. The van der Waals surface area contributed by atoms with Crippen molar-refractivity contribution in [2.24, 2.45) is 9.98 Å². The second-order valence-electron chi connectivity index (χ2n) is 16.1. The number of aliphatic imine (C=N–C) groups is 2. The molecule has 0 unspecified atom stereocenters. The van der Waals surface area contributed by atoms with Gasteiger partial charge in [-0.3, -0.25) is 39.8 Å². The molecule has 4 N–H and O–H groups in total. The number of rotatable bonds is 32. The number of para-hydroxylation sites is 8. The fraction of sp³-hybridized carbons (Fsp3) is 0.346. The van der Waals surface area contributed by atoms with Crippen LogP contribution in [-0.4, -0.2) is 83.8 Å². The molecule has 2 amide bonds. The predicted octanol–water partition coefficient (Wildman–Crippen LogP) is 10.2. The molecule has 0 fully saturated rings. The molecule has 5 rings (SSSR count). The van der Waals surface area contributed by atoms with Gasteiger partial charge in [-0.05, 0) is 74.2 Å². The van der Waals surface area contributed by atoms with Gasteiger partial charge in [0.1, 0.15) is 0 Å². The number of nitrogens with one attached hydrogen (secondary N) is 2. The highest BCUT2D eigenvalue weighted by Crippen LogP contribution is 2.33. The van der Waals surface area contributed by atoms with Gasteiger partial charge in [-0.15, -0.1) is 0 Å². The zero-order valence-electron chi connectivity index (χ0n) is 39.0. The maximum atomic E-state index is 12.5. The SMILES string of the molecule is O=C(COc1cccc(C=Nc2ccccc2N=Cc2cccc(OCC(=O)NCCCCCCCCOc3ccccc3[N+](=O)[O-])c2O)c1O)NCCCCCCCCOc1ccccc1[N+](=O)[O-]. The van der Waals surface area contributed by atoms with Crippen LogP contribution in [0.25, 0.3) is 0 Å². The van der Waals surface area contributed by atoms with Crippen LogP contribution in [-0.2, 0) is 9.59 Å². The third kappa shape index (κ3) is 18.2. The minimum Gasteiger partial charge on any atom is -0.504 e. The summed E-state index contributed by atoms with van der Waals surface area (Å²) < 4.78 is 22.4. The largest absolute Gasteiger partial charge is 0.504 e. The Kier molecular flexibility index (Phi) is 22.4. The summed E-state index contributed by atoms with van der Waals surface area (Å²) in [6.07, 6.45) is 13.7. The molecule has 5 aromatic rings. The second-order valence-corrected chi connectivity index (χ2v) is 16.1. The van der Waals surface area contributed by atoms with E-state index in [0.717, 1.165) is 77.0 Å². The van der Waals surface area contributed by atoms with E-state index in [1.807, 2.05) is 0 Å². The first-order valence-corrected chi connectivity index (χ1v) is 23.4. The second kappa shape index (κ2) is 29.7. The molecule has 0 saturated heterocycles. The number of ether oxygens (including phenoxy) is 4. The van der Waals surface area contributed by atoms with Gasteiger partial charge in [0, 0.05) is 48.8 Å². The lowest BCUT2D eigenvalue weighted by Crippen LogP contribution is -2.29. The zero-order valence-corrected chi connectivity index (χ0v) is 39.0. The number of nitro benzene ring substituents is 2. The maximum absolute atomic E-state index is 12.5. The van der Waals surface area contributed by atoms with E-state index >= 15 is 0 Å². The number of amides is 2. The van der Waals surface area contributed by atoms with E-state index in [-0.39, 0.29) is 70.9 Å². The molecule has 370 valence electrons. The van der Waals surface area contributed by atoms with E-state index in [4.69, 9.17) is 18.9 Å². The Morgan fingerprint density at radius 3 is 1.24 bits per heavy atom. The normalized spacial score (nSPS) is 11.1. The lowest BCUT2D eigenvalue weighted by molar-refractivity contribution is -0.386. The van der Waals surface area contributed by atoms with Crippen LogP contribution >= 0.6 is 0 Å². The Morgan fingerprint density at radius 1 is 0.471 bits per heavy atom. The van der Waals surface area contributed by atoms with Crippen molar-refractivity contribution in [2.45, 2.75) is 77.0 Å². The van der Waals surface area contributed by atoms with Crippen LogP contribution in [0.15, 0.2) is 119 Å². The summed E-state index contributed by atoms with van der Waals surface area (Å²) in [7, 11) is 0. The monoisotopic (exact) mass is 960 g/mol. The molecule has 70 heavy (non-hydrogen) atoms. The molecular formula is C52H60N6O12. The number of carbonyl (C=O) groups is 2.